The number of tetrazole rings is 1. The maximum absolute atomic E-state index is 11.2. The maximum Gasteiger partial charge on any atom is 0.311 e. The number of carboxylic acids is 1. The number of aliphatic carboxylic acids is 1. The number of ether oxygens (including phenoxy) is 1. The molecule has 1 saturated heterocycles. The van der Waals surface area contributed by atoms with Gasteiger partial charge in [-0.25, -0.2) is 4.68 Å². The van der Waals surface area contributed by atoms with Gasteiger partial charge >= 0.3 is 5.97 Å². The zero-order valence-electron chi connectivity index (χ0n) is 11.5. The molecule has 2 fully saturated rings. The highest BCUT2D eigenvalue weighted by Gasteiger charge is 2.51. The molecule has 7 nitrogen and oxygen atoms in total. The topological polar surface area (TPSA) is 90.1 Å². The van der Waals surface area contributed by atoms with Crippen LogP contribution in [-0.4, -0.2) is 44.0 Å². The Balaban J connectivity index is 1.57. The molecule has 1 unspecified atom stereocenters. The van der Waals surface area contributed by atoms with Crippen molar-refractivity contribution < 1.29 is 14.6 Å². The first-order valence-electron chi connectivity index (χ1n) is 7.30. The van der Waals surface area contributed by atoms with Crippen molar-refractivity contribution in [2.24, 2.45) is 5.41 Å². The van der Waals surface area contributed by atoms with Gasteiger partial charge < -0.3 is 9.84 Å². The Morgan fingerprint density at radius 1 is 1.45 bits per heavy atom. The summed E-state index contributed by atoms with van der Waals surface area (Å²) in [5.41, 5.74) is -0.633. The van der Waals surface area contributed by atoms with E-state index in [2.05, 4.69) is 15.5 Å². The van der Waals surface area contributed by atoms with Gasteiger partial charge in [0.05, 0.1) is 18.1 Å². The van der Waals surface area contributed by atoms with Gasteiger partial charge in [0.1, 0.15) is 0 Å². The molecule has 110 valence electrons. The first-order valence-corrected chi connectivity index (χ1v) is 7.30. The molecule has 1 aliphatic carbocycles. The van der Waals surface area contributed by atoms with Crippen molar-refractivity contribution in [1.29, 1.82) is 0 Å². The molecule has 0 aromatic carbocycles. The van der Waals surface area contributed by atoms with Gasteiger partial charge in [-0.2, -0.15) is 0 Å². The average Bonchev–Trinajstić information content (AvgIpc) is 3.11. The second kappa shape index (κ2) is 5.47. The highest BCUT2D eigenvalue weighted by molar-refractivity contribution is 5.77. The number of rotatable bonds is 6. The second-order valence-corrected chi connectivity index (χ2v) is 5.87. The highest BCUT2D eigenvalue weighted by atomic mass is 16.5. The van der Waals surface area contributed by atoms with Crippen LogP contribution in [0, 0.1) is 5.41 Å². The minimum atomic E-state index is -0.741. The van der Waals surface area contributed by atoms with E-state index < -0.39 is 11.4 Å². The van der Waals surface area contributed by atoms with E-state index in [-0.39, 0.29) is 0 Å². The van der Waals surface area contributed by atoms with Gasteiger partial charge in [0.25, 0.3) is 0 Å². The lowest BCUT2D eigenvalue weighted by atomic mass is 10.0. The van der Waals surface area contributed by atoms with E-state index in [0.29, 0.717) is 25.5 Å². The van der Waals surface area contributed by atoms with E-state index in [9.17, 15) is 9.90 Å². The van der Waals surface area contributed by atoms with E-state index in [0.717, 1.165) is 38.1 Å². The van der Waals surface area contributed by atoms with E-state index in [4.69, 9.17) is 4.74 Å². The van der Waals surface area contributed by atoms with Crippen molar-refractivity contribution in [3.05, 3.63) is 5.82 Å². The third-order valence-corrected chi connectivity index (χ3v) is 4.33. The summed E-state index contributed by atoms with van der Waals surface area (Å²) >= 11 is 0. The zero-order valence-corrected chi connectivity index (χ0v) is 11.5. The standard InChI is InChI=1S/C13H20N4O3/c18-12(19)13(6-7-13)9-17-11(14-15-16-17)5-4-10-3-1-2-8-20-10/h10H,1-9H2,(H,18,19). The molecule has 3 rings (SSSR count). The lowest BCUT2D eigenvalue weighted by Gasteiger charge is -2.22. The molecule has 20 heavy (non-hydrogen) atoms. The van der Waals surface area contributed by atoms with Gasteiger partial charge in [-0.1, -0.05) is 0 Å². The summed E-state index contributed by atoms with van der Waals surface area (Å²) in [6.07, 6.45) is 6.84. The molecular weight excluding hydrogens is 260 g/mol. The highest BCUT2D eigenvalue weighted by Crippen LogP contribution is 2.47. The fourth-order valence-electron chi connectivity index (χ4n) is 2.73. The van der Waals surface area contributed by atoms with Crippen molar-refractivity contribution in [2.45, 2.75) is 57.6 Å². The number of hydrogen-bond acceptors (Lipinski definition) is 5. The van der Waals surface area contributed by atoms with Crippen molar-refractivity contribution in [3.63, 3.8) is 0 Å². The number of nitrogens with zero attached hydrogens (tertiary/aromatic N) is 4. The summed E-state index contributed by atoms with van der Waals surface area (Å²) in [4.78, 5) is 11.2. The fourth-order valence-corrected chi connectivity index (χ4v) is 2.73. The van der Waals surface area contributed by atoms with Crippen LogP contribution in [0.2, 0.25) is 0 Å². The van der Waals surface area contributed by atoms with E-state index >= 15 is 0 Å². The van der Waals surface area contributed by atoms with Gasteiger partial charge in [0, 0.05) is 13.0 Å². The SMILES string of the molecule is O=C(O)C1(Cn2nnnc2CCC2CCCCO2)CC1. The molecule has 7 heteroatoms. The number of aryl methyl sites for hydroxylation is 1. The average molecular weight is 280 g/mol. The van der Waals surface area contributed by atoms with Gasteiger partial charge in [-0.05, 0) is 49.0 Å². The number of carboxylic acid groups (broad SMARTS) is 1. The van der Waals surface area contributed by atoms with Crippen molar-refractivity contribution >= 4 is 5.97 Å². The van der Waals surface area contributed by atoms with Crippen molar-refractivity contribution in [2.75, 3.05) is 6.61 Å². The van der Waals surface area contributed by atoms with Crippen LogP contribution in [0.3, 0.4) is 0 Å². The monoisotopic (exact) mass is 280 g/mol. The van der Waals surface area contributed by atoms with Crippen molar-refractivity contribution in [3.8, 4) is 0 Å². The predicted octanol–water partition coefficient (Wildman–Crippen LogP) is 1.04. The first kappa shape index (κ1) is 13.5. The Bertz CT molecular complexity index is 478. The first-order chi connectivity index (χ1) is 9.70. The molecule has 1 N–H and O–H groups in total. The Morgan fingerprint density at radius 2 is 2.30 bits per heavy atom. The predicted molar refractivity (Wildman–Crippen MR) is 69.0 cm³/mol. The molecule has 2 aliphatic rings. The molecule has 1 aromatic heterocycles. The largest absolute Gasteiger partial charge is 0.481 e. The third-order valence-electron chi connectivity index (χ3n) is 4.33. The van der Waals surface area contributed by atoms with Crippen LogP contribution >= 0.6 is 0 Å². The lowest BCUT2D eigenvalue weighted by Crippen LogP contribution is -2.24. The van der Waals surface area contributed by atoms with Crippen LogP contribution in [0.15, 0.2) is 0 Å². The van der Waals surface area contributed by atoms with Gasteiger partial charge in [0.2, 0.25) is 0 Å². The molecule has 1 saturated carbocycles. The molecule has 0 bridgehead atoms. The molecule has 0 radical (unpaired) electrons. The summed E-state index contributed by atoms with van der Waals surface area (Å²) in [5, 5.41) is 20.9. The number of carbonyl (C=O) groups is 1. The Kier molecular flexibility index (Phi) is 3.69. The fraction of sp³-hybridized carbons (Fsp3) is 0.846. The maximum atomic E-state index is 11.2. The Hall–Kier alpha value is -1.50. The summed E-state index contributed by atoms with van der Waals surface area (Å²) < 4.78 is 7.35. The normalized spacial score (nSPS) is 24.5. The molecule has 1 aromatic rings. The summed E-state index contributed by atoms with van der Waals surface area (Å²) in [7, 11) is 0. The molecule has 2 heterocycles. The molecule has 1 aliphatic heterocycles. The van der Waals surface area contributed by atoms with Crippen LogP contribution in [0.4, 0.5) is 0 Å². The molecule has 0 amide bonds. The van der Waals surface area contributed by atoms with Crippen LogP contribution in [0.25, 0.3) is 0 Å². The minimum Gasteiger partial charge on any atom is -0.481 e. The Morgan fingerprint density at radius 3 is 2.95 bits per heavy atom. The van der Waals surface area contributed by atoms with Crippen molar-refractivity contribution in [1.82, 2.24) is 20.2 Å². The zero-order chi connectivity index (χ0) is 14.0. The smallest absolute Gasteiger partial charge is 0.311 e. The number of aromatic nitrogens is 4. The van der Waals surface area contributed by atoms with E-state index in [1.165, 1.54) is 6.42 Å². The van der Waals surface area contributed by atoms with Crippen LogP contribution in [0.1, 0.15) is 44.3 Å². The quantitative estimate of drug-likeness (QED) is 0.837. The Labute approximate surface area is 117 Å². The van der Waals surface area contributed by atoms with Crippen LogP contribution in [0.5, 0.6) is 0 Å². The molecule has 1 atom stereocenters. The third kappa shape index (κ3) is 2.82. The van der Waals surface area contributed by atoms with E-state index in [1.54, 1.807) is 4.68 Å². The summed E-state index contributed by atoms with van der Waals surface area (Å²) in [6.45, 7) is 1.23. The number of hydrogen-bond donors (Lipinski definition) is 1. The molecule has 0 spiro atoms. The van der Waals surface area contributed by atoms with E-state index in [1.807, 2.05) is 0 Å². The second-order valence-electron chi connectivity index (χ2n) is 5.87. The lowest BCUT2D eigenvalue weighted by molar-refractivity contribution is -0.144. The summed E-state index contributed by atoms with van der Waals surface area (Å²) in [5.74, 6) is 0.0289. The molecular formula is C13H20N4O3. The van der Waals surface area contributed by atoms with Crippen LogP contribution in [-0.2, 0) is 22.5 Å². The van der Waals surface area contributed by atoms with Gasteiger partial charge in [-0.3, -0.25) is 4.79 Å². The van der Waals surface area contributed by atoms with Gasteiger partial charge in [-0.15, -0.1) is 5.10 Å². The van der Waals surface area contributed by atoms with Crippen LogP contribution < -0.4 is 0 Å². The minimum absolute atomic E-state index is 0.295. The summed E-state index contributed by atoms with van der Waals surface area (Å²) in [6, 6.07) is 0. The van der Waals surface area contributed by atoms with Gasteiger partial charge in [0.15, 0.2) is 5.82 Å².